The lowest BCUT2D eigenvalue weighted by Crippen LogP contribution is -2.47. The molecular weight excluding hydrogens is 268 g/mol. The summed E-state index contributed by atoms with van der Waals surface area (Å²) in [6.45, 7) is 3.13. The number of carbonyl (C=O) groups is 1. The molecule has 0 spiro atoms. The van der Waals surface area contributed by atoms with Crippen molar-refractivity contribution in [3.05, 3.63) is 24.3 Å². The zero-order valence-corrected chi connectivity index (χ0v) is 12.4. The normalized spacial score (nSPS) is 24.4. The van der Waals surface area contributed by atoms with Crippen molar-refractivity contribution < 1.29 is 14.3 Å². The van der Waals surface area contributed by atoms with E-state index >= 15 is 0 Å². The lowest BCUT2D eigenvalue weighted by atomic mass is 9.99. The molecule has 2 atom stereocenters. The number of ether oxygens (including phenoxy) is 2. The molecule has 1 N–H and O–H groups in total. The van der Waals surface area contributed by atoms with Crippen LogP contribution in [0.5, 0.6) is 11.5 Å². The minimum absolute atomic E-state index is 0.00456. The summed E-state index contributed by atoms with van der Waals surface area (Å²) in [4.78, 5) is 14.3. The SMILES string of the molecule is CN(C[C@@H]1CCCNC1)C(=O)[C@@H]1COc2ccccc2O1. The largest absolute Gasteiger partial charge is 0.485 e. The summed E-state index contributed by atoms with van der Waals surface area (Å²) in [7, 11) is 1.85. The van der Waals surface area contributed by atoms with Gasteiger partial charge in [0.05, 0.1) is 0 Å². The number of para-hydroxylation sites is 2. The fraction of sp³-hybridized carbons (Fsp3) is 0.562. The van der Waals surface area contributed by atoms with Gasteiger partial charge in [0.25, 0.3) is 5.91 Å². The number of nitrogens with zero attached hydrogens (tertiary/aromatic N) is 1. The summed E-state index contributed by atoms with van der Waals surface area (Å²) in [5, 5.41) is 3.38. The van der Waals surface area contributed by atoms with Crippen LogP contribution < -0.4 is 14.8 Å². The minimum atomic E-state index is -0.540. The molecule has 0 saturated carbocycles. The third-order valence-corrected chi connectivity index (χ3v) is 4.09. The van der Waals surface area contributed by atoms with E-state index in [0.717, 1.165) is 19.6 Å². The maximum atomic E-state index is 12.5. The van der Waals surface area contributed by atoms with Crippen LogP contribution in [0, 0.1) is 5.92 Å². The number of benzene rings is 1. The number of hydrogen-bond donors (Lipinski definition) is 1. The van der Waals surface area contributed by atoms with E-state index in [4.69, 9.17) is 9.47 Å². The maximum Gasteiger partial charge on any atom is 0.267 e. The number of hydrogen-bond acceptors (Lipinski definition) is 4. The smallest absolute Gasteiger partial charge is 0.267 e. The molecule has 114 valence electrons. The van der Waals surface area contributed by atoms with Gasteiger partial charge < -0.3 is 19.7 Å². The molecule has 1 aromatic rings. The lowest BCUT2D eigenvalue weighted by molar-refractivity contribution is -0.140. The van der Waals surface area contributed by atoms with E-state index < -0.39 is 6.10 Å². The second-order valence-corrected chi connectivity index (χ2v) is 5.80. The van der Waals surface area contributed by atoms with Gasteiger partial charge >= 0.3 is 0 Å². The Balaban J connectivity index is 1.58. The first-order chi connectivity index (χ1) is 10.2. The third kappa shape index (κ3) is 3.29. The molecule has 2 heterocycles. The van der Waals surface area contributed by atoms with Crippen molar-refractivity contribution in [1.82, 2.24) is 10.2 Å². The molecule has 1 amide bonds. The van der Waals surface area contributed by atoms with Crippen LogP contribution in [0.2, 0.25) is 0 Å². The van der Waals surface area contributed by atoms with Crippen LogP contribution in [-0.2, 0) is 4.79 Å². The standard InChI is InChI=1S/C16H22N2O3/c1-18(10-12-5-4-8-17-9-12)16(19)15-11-20-13-6-2-3-7-14(13)21-15/h2-3,6-7,12,15,17H,4-5,8-11H2,1H3/t12-,15+/m1/s1. The highest BCUT2D eigenvalue weighted by atomic mass is 16.6. The van der Waals surface area contributed by atoms with Crippen LogP contribution in [-0.4, -0.2) is 50.2 Å². The number of amides is 1. The van der Waals surface area contributed by atoms with Crippen LogP contribution in [0.4, 0.5) is 0 Å². The van der Waals surface area contributed by atoms with E-state index in [2.05, 4.69) is 5.32 Å². The van der Waals surface area contributed by atoms with Crippen LogP contribution in [0.3, 0.4) is 0 Å². The second kappa shape index (κ2) is 6.35. The van der Waals surface area contributed by atoms with E-state index in [-0.39, 0.29) is 12.5 Å². The Morgan fingerprint density at radius 1 is 1.38 bits per heavy atom. The van der Waals surface area contributed by atoms with Gasteiger partial charge in [0.1, 0.15) is 6.61 Å². The molecule has 21 heavy (non-hydrogen) atoms. The first kappa shape index (κ1) is 14.2. The monoisotopic (exact) mass is 290 g/mol. The van der Waals surface area contributed by atoms with Crippen molar-refractivity contribution in [2.45, 2.75) is 18.9 Å². The number of likely N-dealkylation sites (N-methyl/N-ethyl adjacent to an activating group) is 1. The fourth-order valence-corrected chi connectivity index (χ4v) is 2.94. The predicted octanol–water partition coefficient (Wildman–Crippen LogP) is 1.28. The Bertz CT molecular complexity index is 500. The summed E-state index contributed by atoms with van der Waals surface area (Å²) in [6.07, 6.45) is 1.82. The van der Waals surface area contributed by atoms with E-state index in [9.17, 15) is 4.79 Å². The quantitative estimate of drug-likeness (QED) is 0.911. The van der Waals surface area contributed by atoms with E-state index in [1.165, 1.54) is 12.8 Å². The molecular formula is C16H22N2O3. The molecule has 1 aromatic carbocycles. The molecule has 2 aliphatic rings. The first-order valence-corrected chi connectivity index (χ1v) is 7.58. The molecule has 0 aromatic heterocycles. The van der Waals surface area contributed by atoms with Crippen molar-refractivity contribution in [3.63, 3.8) is 0 Å². The van der Waals surface area contributed by atoms with Gasteiger partial charge in [-0.05, 0) is 44.0 Å². The van der Waals surface area contributed by atoms with E-state index in [1.807, 2.05) is 31.3 Å². The van der Waals surface area contributed by atoms with E-state index in [1.54, 1.807) is 4.90 Å². The fourth-order valence-electron chi connectivity index (χ4n) is 2.94. The van der Waals surface area contributed by atoms with Gasteiger partial charge in [0.15, 0.2) is 11.5 Å². The van der Waals surface area contributed by atoms with Gasteiger partial charge in [-0.25, -0.2) is 0 Å². The molecule has 1 saturated heterocycles. The predicted molar refractivity (Wildman–Crippen MR) is 79.6 cm³/mol. The molecule has 0 radical (unpaired) electrons. The molecule has 5 heteroatoms. The molecule has 0 aliphatic carbocycles. The highest BCUT2D eigenvalue weighted by Gasteiger charge is 2.30. The average molecular weight is 290 g/mol. The van der Waals surface area contributed by atoms with Gasteiger partial charge in [-0.3, -0.25) is 4.79 Å². The Kier molecular flexibility index (Phi) is 4.29. The molecule has 3 rings (SSSR count). The first-order valence-electron chi connectivity index (χ1n) is 7.58. The van der Waals surface area contributed by atoms with Crippen LogP contribution in [0.15, 0.2) is 24.3 Å². The highest BCUT2D eigenvalue weighted by molar-refractivity contribution is 5.81. The van der Waals surface area contributed by atoms with Crippen molar-refractivity contribution in [1.29, 1.82) is 0 Å². The topological polar surface area (TPSA) is 50.8 Å². The molecule has 5 nitrogen and oxygen atoms in total. The Hall–Kier alpha value is -1.75. The Labute approximate surface area is 125 Å². The van der Waals surface area contributed by atoms with E-state index in [0.29, 0.717) is 17.4 Å². The molecule has 2 aliphatic heterocycles. The number of carbonyl (C=O) groups excluding carboxylic acids is 1. The van der Waals surface area contributed by atoms with Crippen molar-refractivity contribution >= 4 is 5.91 Å². The third-order valence-electron chi connectivity index (χ3n) is 4.09. The van der Waals surface area contributed by atoms with Crippen molar-refractivity contribution in [2.75, 3.05) is 33.3 Å². The zero-order valence-electron chi connectivity index (χ0n) is 12.4. The van der Waals surface area contributed by atoms with Gasteiger partial charge in [-0.1, -0.05) is 12.1 Å². The van der Waals surface area contributed by atoms with Crippen molar-refractivity contribution in [3.8, 4) is 11.5 Å². The lowest BCUT2D eigenvalue weighted by Gasteiger charge is -2.31. The summed E-state index contributed by atoms with van der Waals surface area (Å²) < 4.78 is 11.4. The number of nitrogens with one attached hydrogen (secondary N) is 1. The average Bonchev–Trinajstić information content (AvgIpc) is 2.54. The zero-order chi connectivity index (χ0) is 14.7. The molecule has 0 unspecified atom stereocenters. The Morgan fingerprint density at radius 2 is 2.19 bits per heavy atom. The summed E-state index contributed by atoms with van der Waals surface area (Å²) in [5.74, 6) is 1.88. The van der Waals surface area contributed by atoms with Gasteiger partial charge in [-0.2, -0.15) is 0 Å². The maximum absolute atomic E-state index is 12.5. The molecule has 0 bridgehead atoms. The van der Waals surface area contributed by atoms with Gasteiger partial charge in [-0.15, -0.1) is 0 Å². The van der Waals surface area contributed by atoms with Crippen LogP contribution in [0.25, 0.3) is 0 Å². The second-order valence-electron chi connectivity index (χ2n) is 5.80. The number of piperidine rings is 1. The van der Waals surface area contributed by atoms with Gasteiger partial charge in [0, 0.05) is 13.6 Å². The summed E-state index contributed by atoms with van der Waals surface area (Å²) >= 11 is 0. The Morgan fingerprint density at radius 3 is 2.95 bits per heavy atom. The van der Waals surface area contributed by atoms with Crippen molar-refractivity contribution in [2.24, 2.45) is 5.92 Å². The van der Waals surface area contributed by atoms with Crippen LogP contribution >= 0.6 is 0 Å². The number of rotatable bonds is 3. The minimum Gasteiger partial charge on any atom is -0.485 e. The van der Waals surface area contributed by atoms with Gasteiger partial charge in [0.2, 0.25) is 6.10 Å². The summed E-state index contributed by atoms with van der Waals surface area (Å²) in [6, 6.07) is 7.46. The highest BCUT2D eigenvalue weighted by Crippen LogP contribution is 2.31. The number of fused-ring (bicyclic) bond motifs is 1. The van der Waals surface area contributed by atoms with Crippen LogP contribution in [0.1, 0.15) is 12.8 Å². The molecule has 1 fully saturated rings. The summed E-state index contributed by atoms with van der Waals surface area (Å²) in [5.41, 5.74) is 0.